The molecule has 0 unspecified atom stereocenters. The monoisotopic (exact) mass is 1280 g/mol. The van der Waals surface area contributed by atoms with Gasteiger partial charge in [-0.3, -0.25) is 4.79 Å². The van der Waals surface area contributed by atoms with E-state index in [1.165, 1.54) is 0 Å². The summed E-state index contributed by atoms with van der Waals surface area (Å²) in [5.74, 6) is -1.46. The number of rotatable bonds is 17. The highest BCUT2D eigenvalue weighted by Crippen LogP contribution is 2.74. The molecule has 0 radical (unpaired) electrons. The molecule has 36 atom stereocenters. The first-order chi connectivity index (χ1) is 41.6. The summed E-state index contributed by atoms with van der Waals surface area (Å²) in [6.07, 6.45) is -53.1. The van der Waals surface area contributed by atoms with Gasteiger partial charge in [-0.2, -0.15) is 0 Å². The van der Waals surface area contributed by atoms with Crippen LogP contribution in [-0.4, -0.2) is 331 Å². The van der Waals surface area contributed by atoms with E-state index in [1.54, 1.807) is 6.92 Å². The average molecular weight is 1280 g/mol. The van der Waals surface area contributed by atoms with Gasteiger partial charge in [0.15, 0.2) is 43.8 Å². The van der Waals surface area contributed by atoms with Crippen molar-refractivity contribution in [3.63, 3.8) is 0 Å². The maximum absolute atomic E-state index is 15.3. The van der Waals surface area contributed by atoms with Gasteiger partial charge in [-0.05, 0) is 86.5 Å². The molecule has 0 aromatic rings. The molecule has 10 rings (SSSR count). The maximum Gasteiger partial charge on any atom is 0.314 e. The van der Waals surface area contributed by atoms with Gasteiger partial charge < -0.3 is 159 Å². The van der Waals surface area contributed by atoms with Gasteiger partial charge in [0.05, 0.1) is 44.1 Å². The van der Waals surface area contributed by atoms with Crippen molar-refractivity contribution in [2.75, 3.05) is 33.0 Å². The SMILES string of the molecule is C=C1C[C@]23CC[C@@H]4[C@](C)(CCC[C@]4(C)C(=O)O[C@H]4O[C@@H](CO)[C@H](O)[C@@H](O[C@H]5O[C@@H](CO)[C@H](O)[C@@H](O)[C@@H]5O)[C@@H]4O[C@H]4O[C@H](O)[C@@H](O)[C@H](O)[C@@H]4O)[C@H]2CC[C@@]1(O[C@H]1O[C@@H](CO)[C@H](O)[C@@H](O[C@H]2O[C@@H](CO)[C@H](O)[C@@H](O)[C@@H]2O)[C@@H]1O[C@H]1O[C@@H](CO)[C@H](O)[C@@H](O)[C@@H]1O)C3. The summed E-state index contributed by atoms with van der Waals surface area (Å²) in [6.45, 7) is 3.89. The third kappa shape index (κ3) is 11.9. The maximum atomic E-state index is 15.3. The summed E-state index contributed by atoms with van der Waals surface area (Å²) in [5.41, 5.74) is -3.25. The predicted octanol–water partition coefficient (Wildman–Crippen LogP) is -9.51. The normalized spacial score (nSPS) is 55.0. The summed E-state index contributed by atoms with van der Waals surface area (Å²) in [6, 6.07) is 0. The van der Waals surface area contributed by atoms with Gasteiger partial charge in [0.1, 0.15) is 134 Å². The minimum Gasteiger partial charge on any atom is -0.432 e. The van der Waals surface area contributed by atoms with Gasteiger partial charge in [0.25, 0.3) is 0 Å². The van der Waals surface area contributed by atoms with Gasteiger partial charge in [-0.15, -0.1) is 0 Å². The Balaban J connectivity index is 0.919. The Bertz CT molecular complexity index is 2380. The van der Waals surface area contributed by atoms with Crippen LogP contribution in [0.15, 0.2) is 12.2 Å². The number of carbonyl (C=O) groups excluding carboxylic acids is 1. The molecule has 10 fully saturated rings. The van der Waals surface area contributed by atoms with Gasteiger partial charge in [-0.25, -0.2) is 0 Å². The molecule has 88 heavy (non-hydrogen) atoms. The fourth-order valence-corrected chi connectivity index (χ4v) is 16.2. The van der Waals surface area contributed by atoms with Crippen molar-refractivity contribution >= 4 is 5.97 Å². The van der Waals surface area contributed by atoms with E-state index < -0.39 is 251 Å². The lowest BCUT2D eigenvalue weighted by Gasteiger charge is -2.64. The number of hydrogen-bond donors (Lipinski definition) is 20. The number of fused-ring (bicyclic) bond motifs is 3. The van der Waals surface area contributed by atoms with Crippen LogP contribution in [-0.2, 0) is 61.6 Å². The first-order valence-corrected chi connectivity index (χ1v) is 29.9. The highest BCUT2D eigenvalue weighted by molar-refractivity contribution is 5.77. The molecule has 1 spiro atoms. The van der Waals surface area contributed by atoms with E-state index in [-0.39, 0.29) is 25.2 Å². The fourth-order valence-electron chi connectivity index (χ4n) is 16.2. The molecular formula is C55H88O33. The van der Waals surface area contributed by atoms with Crippen molar-refractivity contribution in [2.24, 2.45) is 28.1 Å². The molecule has 6 heterocycles. The minimum absolute atomic E-state index is 0.157. The van der Waals surface area contributed by atoms with Crippen LogP contribution >= 0.6 is 0 Å². The van der Waals surface area contributed by atoms with Crippen molar-refractivity contribution in [3.05, 3.63) is 12.2 Å². The van der Waals surface area contributed by atoms with Crippen LogP contribution in [0.5, 0.6) is 0 Å². The molecule has 20 N–H and O–H groups in total. The minimum atomic E-state index is -2.17. The van der Waals surface area contributed by atoms with Crippen molar-refractivity contribution in [1.82, 2.24) is 0 Å². The molecule has 0 aromatic heterocycles. The lowest BCUT2D eigenvalue weighted by atomic mass is 9.41. The lowest BCUT2D eigenvalue weighted by Crippen LogP contribution is -2.68. The highest BCUT2D eigenvalue weighted by atomic mass is 16.8. The van der Waals surface area contributed by atoms with E-state index in [1.807, 2.05) is 0 Å². The molecule has 6 saturated heterocycles. The Morgan fingerprint density at radius 1 is 0.443 bits per heavy atom. The molecule has 4 saturated carbocycles. The van der Waals surface area contributed by atoms with Crippen LogP contribution < -0.4 is 0 Å². The van der Waals surface area contributed by atoms with E-state index in [2.05, 4.69) is 13.5 Å². The van der Waals surface area contributed by atoms with Crippen molar-refractivity contribution in [1.29, 1.82) is 0 Å². The largest absolute Gasteiger partial charge is 0.432 e. The Morgan fingerprint density at radius 2 is 0.830 bits per heavy atom. The first kappa shape index (κ1) is 68.8. The van der Waals surface area contributed by atoms with Crippen molar-refractivity contribution < 1.29 is 164 Å². The van der Waals surface area contributed by atoms with E-state index in [0.29, 0.717) is 44.1 Å². The summed E-state index contributed by atoms with van der Waals surface area (Å²) < 4.78 is 72.3. The zero-order valence-electron chi connectivity index (χ0n) is 48.3. The summed E-state index contributed by atoms with van der Waals surface area (Å²) in [5, 5.41) is 214. The Kier molecular flexibility index (Phi) is 20.8. The second-order valence-electron chi connectivity index (χ2n) is 26.1. The Morgan fingerprint density at radius 3 is 1.30 bits per heavy atom. The Hall–Kier alpha value is -2.03. The number of aliphatic hydroxyl groups excluding tert-OH is 20. The van der Waals surface area contributed by atoms with E-state index in [4.69, 9.17) is 56.8 Å². The van der Waals surface area contributed by atoms with Crippen LogP contribution in [0.2, 0.25) is 0 Å². The average Bonchev–Trinajstić information content (AvgIpc) is 1.53. The van der Waals surface area contributed by atoms with Gasteiger partial charge in [-0.1, -0.05) is 19.9 Å². The standard InChI is InChI=1S/C55H88O33/c1-18-11-54-9-5-24-52(2,7-4-8-53(24,3)51(76)87-49-42(84-48-39(74)34(69)35(70)44(75)86-48)40(29(64)22(15-59)80-49)82-45-36(71)31(66)26(61)19(12-56)77-45)25(54)6-10-55(18,17-54)88-50-43(85-47-38(73)33(68)28(63)21(14-58)79-47)41(30(65)23(16-60)81-50)83-46-37(72)32(67)27(62)20(13-57)78-46/h19-50,56-75H,1,4-17H2,2-3H3/t19-,20-,21-,22-,23-,24+,25+,26-,27-,28-,29-,30-,31+,32+,33+,34-,35-,36-,37-,38-,39-,40+,41+,42-,43-,44-,45+,46+,47+,48-,49+,50+,52-,53-,54-,55+/m0/s1. The zero-order valence-corrected chi connectivity index (χ0v) is 48.3. The molecule has 506 valence electrons. The summed E-state index contributed by atoms with van der Waals surface area (Å²) >= 11 is 0. The predicted molar refractivity (Wildman–Crippen MR) is 279 cm³/mol. The molecule has 0 amide bonds. The number of ether oxygens (including phenoxy) is 12. The second kappa shape index (κ2) is 26.6. The molecule has 4 aliphatic carbocycles. The molecule has 10 aliphatic rings. The fraction of sp³-hybridized carbons (Fsp3) is 0.945. The molecule has 33 heteroatoms. The number of hydrogen-bond acceptors (Lipinski definition) is 33. The third-order valence-electron chi connectivity index (χ3n) is 21.0. The van der Waals surface area contributed by atoms with E-state index in [9.17, 15) is 102 Å². The zero-order chi connectivity index (χ0) is 64.0. The van der Waals surface area contributed by atoms with Crippen molar-refractivity contribution in [3.8, 4) is 0 Å². The smallest absolute Gasteiger partial charge is 0.314 e. The number of aliphatic hydroxyl groups is 20. The van der Waals surface area contributed by atoms with Crippen LogP contribution in [0.3, 0.4) is 0 Å². The van der Waals surface area contributed by atoms with Crippen LogP contribution in [0.25, 0.3) is 0 Å². The Labute approximate surface area is 503 Å². The summed E-state index contributed by atoms with van der Waals surface area (Å²) in [4.78, 5) is 15.3. The van der Waals surface area contributed by atoms with Gasteiger partial charge >= 0.3 is 5.97 Å². The van der Waals surface area contributed by atoms with Gasteiger partial charge in [0.2, 0.25) is 6.29 Å². The second-order valence-corrected chi connectivity index (χ2v) is 26.1. The number of esters is 1. The number of carbonyl (C=O) groups is 1. The highest BCUT2D eigenvalue weighted by Gasteiger charge is 2.70. The lowest BCUT2D eigenvalue weighted by molar-refractivity contribution is -0.400. The van der Waals surface area contributed by atoms with Crippen LogP contribution in [0.4, 0.5) is 0 Å². The molecule has 6 aliphatic heterocycles. The van der Waals surface area contributed by atoms with Crippen LogP contribution in [0, 0.1) is 28.1 Å². The topological polar surface area (TPSA) is 532 Å². The van der Waals surface area contributed by atoms with Crippen LogP contribution in [0.1, 0.15) is 71.6 Å². The molecule has 2 bridgehead atoms. The molecule has 33 nitrogen and oxygen atoms in total. The van der Waals surface area contributed by atoms with Gasteiger partial charge in [0, 0.05) is 0 Å². The first-order valence-electron chi connectivity index (χ1n) is 29.9. The summed E-state index contributed by atoms with van der Waals surface area (Å²) in [7, 11) is 0. The van der Waals surface area contributed by atoms with E-state index in [0.717, 1.165) is 0 Å². The quantitative estimate of drug-likeness (QED) is 0.0365. The van der Waals surface area contributed by atoms with E-state index >= 15 is 4.79 Å². The molecular weight excluding hydrogens is 1190 g/mol. The third-order valence-corrected chi connectivity index (χ3v) is 21.0. The van der Waals surface area contributed by atoms with Crippen molar-refractivity contribution in [2.45, 2.75) is 262 Å². The molecule has 0 aromatic carbocycles.